The molecule has 1 saturated carbocycles. The number of nitrogens with two attached hydrogens (primary N) is 1. The molecule has 0 saturated heterocycles. The Kier molecular flexibility index (Phi) is 1.86. The molecule has 0 unspecified atom stereocenters. The molecule has 1 aromatic carbocycles. The first kappa shape index (κ1) is 9.53. The third kappa shape index (κ3) is 1.22. The van der Waals surface area contributed by atoms with Crippen LogP contribution in [0.1, 0.15) is 35.1 Å². The Morgan fingerprint density at radius 1 is 1.21 bits per heavy atom. The van der Waals surface area contributed by atoms with E-state index in [0.29, 0.717) is 5.75 Å². The molecule has 2 nitrogen and oxygen atoms in total. The number of rotatable bonds is 1. The maximum atomic E-state index is 9.85. The van der Waals surface area contributed by atoms with Crippen LogP contribution in [0.15, 0.2) is 6.07 Å². The van der Waals surface area contributed by atoms with Crippen molar-refractivity contribution in [3.05, 3.63) is 28.3 Å². The van der Waals surface area contributed by atoms with E-state index in [-0.39, 0.29) is 5.54 Å². The molecule has 0 spiro atoms. The third-order valence-corrected chi connectivity index (χ3v) is 3.22. The van der Waals surface area contributed by atoms with Crippen LogP contribution in [0, 0.1) is 20.8 Å². The number of hydrogen-bond acceptors (Lipinski definition) is 2. The maximum Gasteiger partial charge on any atom is 0.121 e. The maximum absolute atomic E-state index is 9.85. The SMILES string of the molecule is Cc1cc(C)c(C2(N)CC2)c(C)c1O. The molecular weight excluding hydrogens is 174 g/mol. The molecule has 1 aromatic rings. The van der Waals surface area contributed by atoms with E-state index < -0.39 is 0 Å². The lowest BCUT2D eigenvalue weighted by atomic mass is 9.92. The lowest BCUT2D eigenvalue weighted by Gasteiger charge is -2.18. The summed E-state index contributed by atoms with van der Waals surface area (Å²) in [6.07, 6.45) is 2.08. The zero-order valence-electron chi connectivity index (χ0n) is 9.02. The van der Waals surface area contributed by atoms with Gasteiger partial charge >= 0.3 is 0 Å². The van der Waals surface area contributed by atoms with E-state index in [1.807, 2.05) is 19.9 Å². The molecule has 1 aliphatic rings. The quantitative estimate of drug-likeness (QED) is 0.715. The van der Waals surface area contributed by atoms with E-state index in [0.717, 1.165) is 29.5 Å². The van der Waals surface area contributed by atoms with Crippen molar-refractivity contribution in [2.24, 2.45) is 5.73 Å². The molecule has 0 atom stereocenters. The van der Waals surface area contributed by atoms with Gasteiger partial charge in [0.05, 0.1) is 0 Å². The molecule has 0 amide bonds. The van der Waals surface area contributed by atoms with Crippen molar-refractivity contribution in [3.63, 3.8) is 0 Å². The Bertz CT molecular complexity index is 392. The molecule has 0 aromatic heterocycles. The lowest BCUT2D eigenvalue weighted by Crippen LogP contribution is -2.21. The standard InChI is InChI=1S/C12H17NO/c1-7-6-8(2)11(14)9(3)10(7)12(13)4-5-12/h6,14H,4-5,13H2,1-3H3. The van der Waals surface area contributed by atoms with Crippen molar-refractivity contribution in [1.29, 1.82) is 0 Å². The minimum atomic E-state index is -0.153. The Balaban J connectivity index is 2.65. The molecule has 76 valence electrons. The van der Waals surface area contributed by atoms with Crippen LogP contribution in [0.25, 0.3) is 0 Å². The van der Waals surface area contributed by atoms with E-state index in [9.17, 15) is 5.11 Å². The van der Waals surface area contributed by atoms with Gasteiger partial charge < -0.3 is 10.8 Å². The third-order valence-electron chi connectivity index (χ3n) is 3.22. The topological polar surface area (TPSA) is 46.2 Å². The first-order valence-electron chi connectivity index (χ1n) is 5.05. The Hall–Kier alpha value is -1.02. The first-order chi connectivity index (χ1) is 6.46. The molecule has 0 heterocycles. The molecule has 1 aliphatic carbocycles. The first-order valence-corrected chi connectivity index (χ1v) is 5.05. The van der Waals surface area contributed by atoms with E-state index >= 15 is 0 Å². The number of aromatic hydroxyl groups is 1. The van der Waals surface area contributed by atoms with Crippen LogP contribution in [-0.4, -0.2) is 5.11 Å². The normalized spacial score (nSPS) is 18.3. The predicted octanol–water partition coefficient (Wildman–Crippen LogP) is 2.27. The van der Waals surface area contributed by atoms with Crippen molar-refractivity contribution in [1.82, 2.24) is 0 Å². The highest BCUT2D eigenvalue weighted by Gasteiger charge is 2.42. The summed E-state index contributed by atoms with van der Waals surface area (Å²) >= 11 is 0. The van der Waals surface area contributed by atoms with Crippen LogP contribution in [0.3, 0.4) is 0 Å². The number of phenols is 1. The Labute approximate surface area is 84.7 Å². The van der Waals surface area contributed by atoms with Gasteiger partial charge in [-0.3, -0.25) is 0 Å². The summed E-state index contributed by atoms with van der Waals surface area (Å²) in [7, 11) is 0. The average Bonchev–Trinajstić information content (AvgIpc) is 2.80. The van der Waals surface area contributed by atoms with Gasteiger partial charge in [-0.1, -0.05) is 6.07 Å². The molecule has 14 heavy (non-hydrogen) atoms. The summed E-state index contributed by atoms with van der Waals surface area (Å²) in [5, 5.41) is 9.85. The van der Waals surface area contributed by atoms with Gasteiger partial charge in [0.15, 0.2) is 0 Å². The second-order valence-corrected chi connectivity index (χ2v) is 4.52. The Morgan fingerprint density at radius 2 is 1.79 bits per heavy atom. The zero-order chi connectivity index (χ0) is 10.5. The van der Waals surface area contributed by atoms with Crippen molar-refractivity contribution < 1.29 is 5.11 Å². The summed E-state index contributed by atoms with van der Waals surface area (Å²) in [5.74, 6) is 0.405. The molecule has 3 N–H and O–H groups in total. The van der Waals surface area contributed by atoms with Gasteiger partial charge in [0, 0.05) is 5.54 Å². The summed E-state index contributed by atoms with van der Waals surface area (Å²) in [6, 6.07) is 2.02. The summed E-state index contributed by atoms with van der Waals surface area (Å²) < 4.78 is 0. The largest absolute Gasteiger partial charge is 0.507 e. The Morgan fingerprint density at radius 3 is 2.29 bits per heavy atom. The van der Waals surface area contributed by atoms with Gasteiger partial charge in [0.2, 0.25) is 0 Å². The van der Waals surface area contributed by atoms with E-state index in [1.165, 1.54) is 5.56 Å². The summed E-state index contributed by atoms with van der Waals surface area (Å²) in [5.41, 5.74) is 10.3. The minimum Gasteiger partial charge on any atom is -0.507 e. The molecule has 1 fully saturated rings. The van der Waals surface area contributed by atoms with Crippen LogP contribution in [-0.2, 0) is 5.54 Å². The van der Waals surface area contributed by atoms with Crippen LogP contribution in [0.4, 0.5) is 0 Å². The highest BCUT2D eigenvalue weighted by molar-refractivity contribution is 5.52. The second-order valence-electron chi connectivity index (χ2n) is 4.52. The van der Waals surface area contributed by atoms with E-state index in [1.54, 1.807) is 0 Å². The highest BCUT2D eigenvalue weighted by Crippen LogP contribution is 2.47. The molecule has 0 bridgehead atoms. The fraction of sp³-hybridized carbons (Fsp3) is 0.500. The second kappa shape index (κ2) is 2.74. The smallest absolute Gasteiger partial charge is 0.121 e. The van der Waals surface area contributed by atoms with Crippen LogP contribution in [0.5, 0.6) is 5.75 Å². The fourth-order valence-electron chi connectivity index (χ4n) is 2.33. The van der Waals surface area contributed by atoms with Crippen LogP contribution < -0.4 is 5.73 Å². The summed E-state index contributed by atoms with van der Waals surface area (Å²) in [4.78, 5) is 0. The van der Waals surface area contributed by atoms with Crippen molar-refractivity contribution in [3.8, 4) is 5.75 Å². The summed E-state index contributed by atoms with van der Waals surface area (Å²) in [6.45, 7) is 5.95. The number of benzene rings is 1. The molecule has 2 rings (SSSR count). The van der Waals surface area contributed by atoms with Gasteiger partial charge in [-0.25, -0.2) is 0 Å². The monoisotopic (exact) mass is 191 g/mol. The number of hydrogen-bond donors (Lipinski definition) is 2. The zero-order valence-corrected chi connectivity index (χ0v) is 9.02. The van der Waals surface area contributed by atoms with Gasteiger partial charge in [-0.15, -0.1) is 0 Å². The number of aryl methyl sites for hydroxylation is 2. The van der Waals surface area contributed by atoms with Gasteiger partial charge in [0.25, 0.3) is 0 Å². The van der Waals surface area contributed by atoms with Crippen molar-refractivity contribution >= 4 is 0 Å². The molecule has 2 heteroatoms. The molecular formula is C12H17NO. The minimum absolute atomic E-state index is 0.153. The van der Waals surface area contributed by atoms with E-state index in [4.69, 9.17) is 5.73 Å². The average molecular weight is 191 g/mol. The van der Waals surface area contributed by atoms with Gasteiger partial charge in [-0.2, -0.15) is 0 Å². The highest BCUT2D eigenvalue weighted by atomic mass is 16.3. The molecule has 0 aliphatic heterocycles. The van der Waals surface area contributed by atoms with Crippen molar-refractivity contribution in [2.45, 2.75) is 39.2 Å². The predicted molar refractivity (Wildman–Crippen MR) is 57.4 cm³/mol. The van der Waals surface area contributed by atoms with Gasteiger partial charge in [-0.05, 0) is 55.9 Å². The fourth-order valence-corrected chi connectivity index (χ4v) is 2.33. The van der Waals surface area contributed by atoms with Crippen LogP contribution >= 0.6 is 0 Å². The van der Waals surface area contributed by atoms with Gasteiger partial charge in [0.1, 0.15) is 5.75 Å². The number of phenolic OH excluding ortho intramolecular Hbond substituents is 1. The van der Waals surface area contributed by atoms with E-state index in [2.05, 4.69) is 6.92 Å². The lowest BCUT2D eigenvalue weighted by molar-refractivity contribution is 0.464. The molecule has 0 radical (unpaired) electrons. The van der Waals surface area contributed by atoms with Crippen LogP contribution in [0.2, 0.25) is 0 Å². The van der Waals surface area contributed by atoms with Crippen molar-refractivity contribution in [2.75, 3.05) is 0 Å².